The second kappa shape index (κ2) is 8.69. The number of hydrogen-bond donors (Lipinski definition) is 2. The molecule has 0 saturated heterocycles. The van der Waals surface area contributed by atoms with Gasteiger partial charge < -0.3 is 5.32 Å². The average molecular weight is 423 g/mol. The second-order valence-electron chi connectivity index (χ2n) is 6.97. The monoisotopic (exact) mass is 422 g/mol. The molecule has 1 aromatic heterocycles. The first-order valence-corrected chi connectivity index (χ1v) is 11.7. The van der Waals surface area contributed by atoms with Crippen LogP contribution in [0.5, 0.6) is 0 Å². The molecule has 0 radical (unpaired) electrons. The van der Waals surface area contributed by atoms with Crippen molar-refractivity contribution in [3.63, 3.8) is 0 Å². The molecule has 0 aliphatic carbocycles. The number of rotatable bonds is 7. The van der Waals surface area contributed by atoms with Crippen molar-refractivity contribution < 1.29 is 13.2 Å². The van der Waals surface area contributed by atoms with E-state index in [1.807, 2.05) is 13.0 Å². The molecule has 28 heavy (non-hydrogen) atoms. The van der Waals surface area contributed by atoms with Crippen LogP contribution in [-0.2, 0) is 27.8 Å². The van der Waals surface area contributed by atoms with Gasteiger partial charge in [-0.1, -0.05) is 19.1 Å². The Hall–Kier alpha value is -1.81. The zero-order chi connectivity index (χ0) is 20.3. The molecule has 1 aromatic carbocycles. The molecule has 0 atom stereocenters. The molecule has 0 spiro atoms. The summed E-state index contributed by atoms with van der Waals surface area (Å²) in [5, 5.41) is 3.38. The number of hydrogen-bond acceptors (Lipinski definition) is 6. The van der Waals surface area contributed by atoms with E-state index in [0.29, 0.717) is 10.7 Å². The number of carbonyl (C=O) groups is 1. The molecule has 2 aromatic rings. The van der Waals surface area contributed by atoms with Crippen LogP contribution in [0.1, 0.15) is 35.0 Å². The van der Waals surface area contributed by atoms with Crippen LogP contribution in [0.2, 0.25) is 0 Å². The quantitative estimate of drug-likeness (QED) is 0.715. The molecule has 2 heterocycles. The fourth-order valence-electron chi connectivity index (χ4n) is 3.13. The number of nitrogens with one attached hydrogen (secondary N) is 2. The number of thiazole rings is 1. The summed E-state index contributed by atoms with van der Waals surface area (Å²) >= 11 is 1.50. The highest BCUT2D eigenvalue weighted by Gasteiger charge is 2.21. The van der Waals surface area contributed by atoms with Gasteiger partial charge in [-0.2, -0.15) is 0 Å². The predicted octanol–water partition coefficient (Wildman–Crippen LogP) is 2.45. The van der Waals surface area contributed by atoms with Crippen molar-refractivity contribution >= 4 is 32.4 Å². The van der Waals surface area contributed by atoms with E-state index >= 15 is 0 Å². The van der Waals surface area contributed by atoms with Crippen LogP contribution in [0.15, 0.2) is 23.1 Å². The van der Waals surface area contributed by atoms with Gasteiger partial charge in [-0.15, -0.1) is 11.3 Å². The van der Waals surface area contributed by atoms with Gasteiger partial charge in [0.1, 0.15) is 0 Å². The maximum absolute atomic E-state index is 12.5. The van der Waals surface area contributed by atoms with Gasteiger partial charge in [0.05, 0.1) is 10.6 Å². The summed E-state index contributed by atoms with van der Waals surface area (Å²) in [4.78, 5) is 20.5. The first-order chi connectivity index (χ1) is 13.3. The highest BCUT2D eigenvalue weighted by Crippen LogP contribution is 2.28. The Morgan fingerprint density at radius 2 is 2.11 bits per heavy atom. The molecule has 0 saturated carbocycles. The van der Waals surface area contributed by atoms with Gasteiger partial charge in [0.15, 0.2) is 5.13 Å². The summed E-state index contributed by atoms with van der Waals surface area (Å²) < 4.78 is 27.5. The summed E-state index contributed by atoms with van der Waals surface area (Å²) in [6.45, 7) is 8.63. The highest BCUT2D eigenvalue weighted by atomic mass is 32.2. The molecule has 3 rings (SSSR count). The Labute approximate surface area is 170 Å². The Kier molecular flexibility index (Phi) is 6.49. The number of likely N-dealkylation sites (N-methyl/N-ethyl adjacent to an activating group) is 1. The maximum Gasteiger partial charge on any atom is 0.240 e. The molecule has 7 nitrogen and oxygen atoms in total. The molecule has 152 valence electrons. The molecule has 9 heteroatoms. The molecular weight excluding hydrogens is 396 g/mol. The maximum atomic E-state index is 12.5. The van der Waals surface area contributed by atoms with Crippen LogP contribution in [0.25, 0.3) is 0 Å². The van der Waals surface area contributed by atoms with Gasteiger partial charge in [0, 0.05) is 37.4 Å². The third kappa shape index (κ3) is 4.96. The van der Waals surface area contributed by atoms with E-state index in [1.165, 1.54) is 16.2 Å². The van der Waals surface area contributed by atoms with Crippen LogP contribution >= 0.6 is 11.3 Å². The molecule has 1 amide bonds. The van der Waals surface area contributed by atoms with Crippen molar-refractivity contribution in [3.05, 3.63) is 39.9 Å². The van der Waals surface area contributed by atoms with Crippen molar-refractivity contribution in [2.45, 2.75) is 45.1 Å². The van der Waals surface area contributed by atoms with Crippen LogP contribution in [0.4, 0.5) is 5.13 Å². The number of benzene rings is 1. The van der Waals surface area contributed by atoms with Crippen molar-refractivity contribution in [2.24, 2.45) is 0 Å². The van der Waals surface area contributed by atoms with Crippen molar-refractivity contribution in [1.29, 1.82) is 0 Å². The first kappa shape index (κ1) is 20.9. The average Bonchev–Trinajstić information content (AvgIpc) is 3.04. The van der Waals surface area contributed by atoms with Crippen molar-refractivity contribution in [2.75, 3.05) is 25.0 Å². The van der Waals surface area contributed by atoms with E-state index in [1.54, 1.807) is 19.1 Å². The molecule has 1 aliphatic rings. The fraction of sp³-hybridized carbons (Fsp3) is 0.474. The lowest BCUT2D eigenvalue weighted by atomic mass is 10.2. The standard InChI is InChI=1S/C19H26N4O3S2/c1-4-23-10-8-15-16(12-23)27-19(21-15)22-18(24)7-9-20-28(25,26)17-11-13(2)5-6-14(17)3/h5-6,11,20H,4,7-10,12H2,1-3H3,(H,21,22,24). The van der Waals surface area contributed by atoms with Crippen LogP contribution in [-0.4, -0.2) is 43.8 Å². The number of aryl methyl sites for hydroxylation is 2. The van der Waals surface area contributed by atoms with Gasteiger partial charge in [0.25, 0.3) is 0 Å². The predicted molar refractivity (Wildman–Crippen MR) is 111 cm³/mol. The van der Waals surface area contributed by atoms with Gasteiger partial charge in [-0.3, -0.25) is 9.69 Å². The number of amides is 1. The number of nitrogens with zero attached hydrogens (tertiary/aromatic N) is 2. The Morgan fingerprint density at radius 3 is 2.86 bits per heavy atom. The van der Waals surface area contributed by atoms with Crippen LogP contribution in [0.3, 0.4) is 0 Å². The lowest BCUT2D eigenvalue weighted by Crippen LogP contribution is -2.29. The van der Waals surface area contributed by atoms with E-state index in [2.05, 4.69) is 26.8 Å². The van der Waals surface area contributed by atoms with Crippen LogP contribution in [0, 0.1) is 13.8 Å². The lowest BCUT2D eigenvalue weighted by Gasteiger charge is -2.23. The molecule has 1 aliphatic heterocycles. The number of fused-ring (bicyclic) bond motifs is 1. The Bertz CT molecular complexity index is 970. The number of sulfonamides is 1. The summed E-state index contributed by atoms with van der Waals surface area (Å²) in [5.74, 6) is -0.248. The molecule has 0 bridgehead atoms. The molecular formula is C19H26N4O3S2. The van der Waals surface area contributed by atoms with E-state index in [0.717, 1.165) is 37.3 Å². The van der Waals surface area contributed by atoms with Crippen LogP contribution < -0.4 is 10.0 Å². The zero-order valence-electron chi connectivity index (χ0n) is 16.4. The zero-order valence-corrected chi connectivity index (χ0v) is 18.0. The normalized spacial score (nSPS) is 14.7. The SMILES string of the molecule is CCN1CCc2nc(NC(=O)CCNS(=O)(=O)c3cc(C)ccc3C)sc2C1. The number of aromatic nitrogens is 1. The largest absolute Gasteiger partial charge is 0.302 e. The molecule has 0 fully saturated rings. The third-order valence-electron chi connectivity index (χ3n) is 4.78. The number of carbonyl (C=O) groups excluding carboxylic acids is 1. The summed E-state index contributed by atoms with van der Waals surface area (Å²) in [6.07, 6.45) is 0.945. The summed E-state index contributed by atoms with van der Waals surface area (Å²) in [5.41, 5.74) is 2.61. The summed E-state index contributed by atoms with van der Waals surface area (Å²) in [6, 6.07) is 5.28. The molecule has 2 N–H and O–H groups in total. The van der Waals surface area contributed by atoms with E-state index in [-0.39, 0.29) is 23.8 Å². The lowest BCUT2D eigenvalue weighted by molar-refractivity contribution is -0.116. The van der Waals surface area contributed by atoms with Gasteiger partial charge in [0.2, 0.25) is 15.9 Å². The topological polar surface area (TPSA) is 91.4 Å². The smallest absolute Gasteiger partial charge is 0.240 e. The molecule has 0 unspecified atom stereocenters. The van der Waals surface area contributed by atoms with Crippen molar-refractivity contribution in [3.8, 4) is 0 Å². The van der Waals surface area contributed by atoms with E-state index < -0.39 is 10.0 Å². The van der Waals surface area contributed by atoms with Gasteiger partial charge >= 0.3 is 0 Å². The minimum absolute atomic E-state index is 0.0379. The Balaban J connectivity index is 1.54. The van der Waals surface area contributed by atoms with Crippen molar-refractivity contribution in [1.82, 2.24) is 14.6 Å². The van der Waals surface area contributed by atoms with Gasteiger partial charge in [-0.25, -0.2) is 18.1 Å². The fourth-order valence-corrected chi connectivity index (χ4v) is 5.55. The van der Waals surface area contributed by atoms with Gasteiger partial charge in [-0.05, 0) is 37.6 Å². The number of anilines is 1. The second-order valence-corrected chi connectivity index (χ2v) is 9.79. The van der Waals surface area contributed by atoms with E-state index in [4.69, 9.17) is 0 Å². The first-order valence-electron chi connectivity index (χ1n) is 9.36. The highest BCUT2D eigenvalue weighted by molar-refractivity contribution is 7.89. The summed E-state index contributed by atoms with van der Waals surface area (Å²) in [7, 11) is -3.64. The minimum Gasteiger partial charge on any atom is -0.302 e. The Morgan fingerprint density at radius 1 is 1.32 bits per heavy atom. The third-order valence-corrected chi connectivity index (χ3v) is 7.38. The van der Waals surface area contributed by atoms with E-state index in [9.17, 15) is 13.2 Å². The minimum atomic E-state index is -3.64.